The molecule has 142 valence electrons. The topological polar surface area (TPSA) is 50.2 Å². The van der Waals surface area contributed by atoms with Crippen molar-refractivity contribution in [2.75, 3.05) is 13.1 Å². The Balaban J connectivity index is 0.00000225. The average molecular weight is 381 g/mol. The third kappa shape index (κ3) is 5.10. The van der Waals surface area contributed by atoms with Crippen LogP contribution in [0.1, 0.15) is 30.5 Å². The molecule has 1 saturated heterocycles. The molecule has 5 nitrogen and oxygen atoms in total. The van der Waals surface area contributed by atoms with Gasteiger partial charge in [-0.25, -0.2) is 0 Å². The number of rotatable bonds is 5. The molecular weight excluding hydrogens is 357 g/mol. The molecule has 25 heavy (non-hydrogen) atoms. The lowest BCUT2D eigenvalue weighted by molar-refractivity contribution is -0.154. The summed E-state index contributed by atoms with van der Waals surface area (Å²) < 4.78 is 38.9. The van der Waals surface area contributed by atoms with E-state index in [-0.39, 0.29) is 24.4 Å². The van der Waals surface area contributed by atoms with Crippen LogP contribution in [0.4, 0.5) is 13.2 Å². The minimum atomic E-state index is -4.45. The summed E-state index contributed by atoms with van der Waals surface area (Å²) in [6.45, 7) is 4.13. The summed E-state index contributed by atoms with van der Waals surface area (Å²) in [6.07, 6.45) is -1.81. The van der Waals surface area contributed by atoms with Gasteiger partial charge in [0, 0.05) is 44.0 Å². The Morgan fingerprint density at radius 2 is 2.04 bits per heavy atom. The number of nitrogens with zero attached hydrogens (tertiary/aromatic N) is 3. The van der Waals surface area contributed by atoms with Crippen molar-refractivity contribution in [2.24, 2.45) is 18.9 Å². The molecule has 1 saturated carbocycles. The van der Waals surface area contributed by atoms with Gasteiger partial charge in [-0.1, -0.05) is 0 Å². The van der Waals surface area contributed by atoms with Gasteiger partial charge in [0.2, 0.25) is 5.91 Å². The van der Waals surface area contributed by atoms with E-state index in [1.54, 1.807) is 0 Å². The first-order chi connectivity index (χ1) is 11.2. The average Bonchev–Trinajstić information content (AvgIpc) is 3.16. The molecule has 0 spiro atoms. The van der Waals surface area contributed by atoms with E-state index in [2.05, 4.69) is 15.3 Å². The number of alkyl halides is 3. The monoisotopic (exact) mass is 380 g/mol. The van der Waals surface area contributed by atoms with E-state index < -0.39 is 18.5 Å². The zero-order chi connectivity index (χ0) is 17.5. The Morgan fingerprint density at radius 3 is 2.56 bits per heavy atom. The van der Waals surface area contributed by atoms with E-state index >= 15 is 0 Å². The Labute approximate surface area is 151 Å². The van der Waals surface area contributed by atoms with E-state index in [0.29, 0.717) is 19.0 Å². The van der Waals surface area contributed by atoms with Crippen molar-refractivity contribution in [3.63, 3.8) is 0 Å². The first kappa shape index (κ1) is 20.0. The zero-order valence-electron chi connectivity index (χ0n) is 14.3. The molecule has 1 aliphatic carbocycles. The summed E-state index contributed by atoms with van der Waals surface area (Å²) in [5, 5.41) is 6.85. The Kier molecular flexibility index (Phi) is 6.04. The highest BCUT2D eigenvalue weighted by Gasteiger charge is 2.43. The highest BCUT2D eigenvalue weighted by Crippen LogP contribution is 2.41. The number of carbonyl (C=O) groups excluding carboxylic acids is 1. The number of aryl methyl sites for hydroxylation is 1. The van der Waals surface area contributed by atoms with E-state index in [1.165, 1.54) is 0 Å². The summed E-state index contributed by atoms with van der Waals surface area (Å²) >= 11 is 0. The van der Waals surface area contributed by atoms with Crippen molar-refractivity contribution in [3.05, 3.63) is 17.5 Å². The molecule has 2 heterocycles. The molecular formula is C16H24ClF3N4O. The molecule has 0 radical (unpaired) electrons. The van der Waals surface area contributed by atoms with Crippen molar-refractivity contribution in [1.82, 2.24) is 20.0 Å². The quantitative estimate of drug-likeness (QED) is 0.853. The first-order valence-corrected chi connectivity index (χ1v) is 8.29. The van der Waals surface area contributed by atoms with Crippen LogP contribution in [0.2, 0.25) is 0 Å². The van der Waals surface area contributed by atoms with Crippen LogP contribution in [-0.2, 0) is 18.4 Å². The van der Waals surface area contributed by atoms with Crippen LogP contribution >= 0.6 is 12.4 Å². The van der Waals surface area contributed by atoms with Crippen molar-refractivity contribution < 1.29 is 18.0 Å². The number of aromatic nitrogens is 2. The van der Waals surface area contributed by atoms with E-state index in [0.717, 1.165) is 30.6 Å². The lowest BCUT2D eigenvalue weighted by Crippen LogP contribution is -2.42. The highest BCUT2D eigenvalue weighted by atomic mass is 35.5. The molecule has 1 aromatic rings. The second kappa shape index (κ2) is 7.53. The minimum absolute atomic E-state index is 0. The van der Waals surface area contributed by atoms with Crippen molar-refractivity contribution in [1.29, 1.82) is 0 Å². The van der Waals surface area contributed by atoms with Gasteiger partial charge in [0.05, 0.1) is 6.20 Å². The number of halogens is 4. The minimum Gasteiger partial charge on any atom is -0.351 e. The Morgan fingerprint density at radius 1 is 1.36 bits per heavy atom. The van der Waals surface area contributed by atoms with Crippen molar-refractivity contribution in [2.45, 2.75) is 44.9 Å². The molecule has 0 unspecified atom stereocenters. The summed E-state index contributed by atoms with van der Waals surface area (Å²) in [4.78, 5) is 13.9. The maximum atomic E-state index is 12.4. The molecule has 1 N–H and O–H groups in total. The molecule has 2 atom stereocenters. The van der Waals surface area contributed by atoms with Gasteiger partial charge in [-0.3, -0.25) is 14.4 Å². The van der Waals surface area contributed by atoms with E-state index in [1.807, 2.05) is 24.9 Å². The van der Waals surface area contributed by atoms with Gasteiger partial charge >= 0.3 is 6.18 Å². The molecule has 1 aromatic heterocycles. The summed E-state index contributed by atoms with van der Waals surface area (Å²) in [5.41, 5.74) is 2.21. The van der Waals surface area contributed by atoms with Gasteiger partial charge < -0.3 is 5.32 Å². The normalized spacial score (nSPS) is 24.2. The number of likely N-dealkylation sites (tertiary alicyclic amines) is 1. The van der Waals surface area contributed by atoms with E-state index in [4.69, 9.17) is 0 Å². The zero-order valence-corrected chi connectivity index (χ0v) is 15.2. The second-order valence-electron chi connectivity index (χ2n) is 7.04. The van der Waals surface area contributed by atoms with Gasteiger partial charge in [-0.15, -0.1) is 12.4 Å². The van der Waals surface area contributed by atoms with Gasteiger partial charge in [0.25, 0.3) is 0 Å². The number of hydrogen-bond donors (Lipinski definition) is 1. The van der Waals surface area contributed by atoms with Crippen LogP contribution in [0.5, 0.6) is 0 Å². The smallest absolute Gasteiger partial charge is 0.351 e. The number of carbonyl (C=O) groups is 1. The fraction of sp³-hybridized carbons (Fsp3) is 0.750. The summed E-state index contributed by atoms with van der Waals surface area (Å²) in [5.74, 6) is -0.141. The first-order valence-electron chi connectivity index (χ1n) is 8.29. The van der Waals surface area contributed by atoms with Crippen molar-refractivity contribution >= 4 is 18.3 Å². The predicted molar refractivity (Wildman–Crippen MR) is 89.3 cm³/mol. The largest absolute Gasteiger partial charge is 0.397 e. The van der Waals surface area contributed by atoms with Crippen LogP contribution < -0.4 is 5.32 Å². The summed E-state index contributed by atoms with van der Waals surface area (Å²) in [6, 6.07) is -0.190. The van der Waals surface area contributed by atoms with E-state index in [9.17, 15) is 18.0 Å². The maximum Gasteiger partial charge on any atom is 0.397 e. The molecule has 0 bridgehead atoms. The van der Waals surface area contributed by atoms with Crippen LogP contribution in [0.3, 0.4) is 0 Å². The second-order valence-corrected chi connectivity index (χ2v) is 7.04. The van der Waals surface area contributed by atoms with Gasteiger partial charge in [0.15, 0.2) is 0 Å². The van der Waals surface area contributed by atoms with Gasteiger partial charge in [-0.2, -0.15) is 18.3 Å². The van der Waals surface area contributed by atoms with Gasteiger partial charge in [-0.05, 0) is 31.6 Å². The molecule has 1 amide bonds. The number of amides is 1. The molecule has 2 aliphatic rings. The van der Waals surface area contributed by atoms with Gasteiger partial charge in [0.1, 0.15) is 6.42 Å². The fourth-order valence-electron chi connectivity index (χ4n) is 3.58. The Hall–Kier alpha value is -1.28. The lowest BCUT2D eigenvalue weighted by Gasteiger charge is -2.20. The number of nitrogens with one attached hydrogen (secondary N) is 1. The third-order valence-electron chi connectivity index (χ3n) is 5.11. The van der Waals surface area contributed by atoms with Crippen LogP contribution in [0, 0.1) is 18.8 Å². The SMILES string of the molecule is Cc1c(CN2C[C@H](NC(=O)CC(F)(F)F)[C@@H](C3CC3)C2)cnn1C.Cl. The highest BCUT2D eigenvalue weighted by molar-refractivity contribution is 5.85. The summed E-state index contributed by atoms with van der Waals surface area (Å²) in [7, 11) is 1.88. The molecule has 3 rings (SSSR count). The Bertz CT molecular complexity index is 615. The molecule has 0 aromatic carbocycles. The van der Waals surface area contributed by atoms with Crippen LogP contribution in [0.25, 0.3) is 0 Å². The van der Waals surface area contributed by atoms with Crippen molar-refractivity contribution in [3.8, 4) is 0 Å². The predicted octanol–water partition coefficient (Wildman–Crippen LogP) is 2.43. The maximum absolute atomic E-state index is 12.4. The fourth-order valence-corrected chi connectivity index (χ4v) is 3.58. The molecule has 9 heteroatoms. The van der Waals surface area contributed by atoms with Crippen LogP contribution in [-0.4, -0.2) is 45.9 Å². The molecule has 1 aliphatic heterocycles. The number of hydrogen-bond acceptors (Lipinski definition) is 3. The third-order valence-corrected chi connectivity index (χ3v) is 5.11. The van der Waals surface area contributed by atoms with Crippen LogP contribution in [0.15, 0.2) is 6.20 Å². The standard InChI is InChI=1S/C16H23F3N4O.ClH/c1-10-12(6-20-22(10)2)7-23-8-13(11-3-4-11)14(9-23)21-15(24)5-16(17,18)19;/h6,11,13-14H,3-5,7-9H2,1-2H3,(H,21,24);1H/t13-,14+;/m1./s1. The molecule has 2 fully saturated rings. The lowest BCUT2D eigenvalue weighted by atomic mass is 9.98.